The lowest BCUT2D eigenvalue weighted by molar-refractivity contribution is -0.137. The van der Waals surface area contributed by atoms with Crippen molar-refractivity contribution in [3.63, 3.8) is 0 Å². The van der Waals surface area contributed by atoms with E-state index in [0.29, 0.717) is 11.6 Å². The third kappa shape index (κ3) is 3.44. The number of carboxylic acids is 1. The predicted octanol–water partition coefficient (Wildman–Crippen LogP) is 4.00. The van der Waals surface area contributed by atoms with Crippen molar-refractivity contribution in [3.8, 4) is 11.8 Å². The van der Waals surface area contributed by atoms with Crippen LogP contribution in [0.25, 0.3) is 11.1 Å². The molecule has 0 fully saturated rings. The first-order valence-electron chi connectivity index (χ1n) is 7.15. The maximum Gasteiger partial charge on any atom is 0.416 e. The van der Waals surface area contributed by atoms with Crippen LogP contribution in [-0.2, 0) is 12.8 Å². The van der Waals surface area contributed by atoms with Gasteiger partial charge >= 0.3 is 12.1 Å². The molecule has 9 heteroatoms. The largest absolute Gasteiger partial charge is 0.482 e. The fourth-order valence-corrected chi connectivity index (χ4v) is 2.23. The lowest BCUT2D eigenvalue weighted by Gasteiger charge is -2.10. The lowest BCUT2D eigenvalue weighted by Crippen LogP contribution is -2.06. The smallest absolute Gasteiger partial charge is 0.416 e. The zero-order chi connectivity index (χ0) is 18.9. The van der Waals surface area contributed by atoms with Gasteiger partial charge < -0.3 is 14.3 Å². The molecule has 0 atom stereocenters. The van der Waals surface area contributed by atoms with Crippen LogP contribution in [0, 0.1) is 11.3 Å². The molecule has 0 aliphatic carbocycles. The van der Waals surface area contributed by atoms with E-state index >= 15 is 0 Å². The van der Waals surface area contributed by atoms with E-state index in [4.69, 9.17) is 19.5 Å². The van der Waals surface area contributed by atoms with Crippen molar-refractivity contribution in [2.24, 2.45) is 0 Å². The van der Waals surface area contributed by atoms with Gasteiger partial charge in [0.1, 0.15) is 17.3 Å². The summed E-state index contributed by atoms with van der Waals surface area (Å²) in [4.78, 5) is 15.0. The van der Waals surface area contributed by atoms with Crippen LogP contribution in [0.5, 0.6) is 5.75 Å². The van der Waals surface area contributed by atoms with E-state index in [2.05, 4.69) is 4.98 Å². The molecular formula is C17H9F3N2O4. The summed E-state index contributed by atoms with van der Waals surface area (Å²) in [6.45, 7) is -0.239. The molecule has 3 aromatic rings. The van der Waals surface area contributed by atoms with Crippen LogP contribution in [0.1, 0.15) is 27.4 Å². The molecule has 6 nitrogen and oxygen atoms in total. The zero-order valence-electron chi connectivity index (χ0n) is 12.9. The first kappa shape index (κ1) is 17.3. The number of oxazole rings is 1. The summed E-state index contributed by atoms with van der Waals surface area (Å²) < 4.78 is 48.7. The molecule has 0 aliphatic rings. The van der Waals surface area contributed by atoms with E-state index < -0.39 is 17.7 Å². The van der Waals surface area contributed by atoms with Crippen LogP contribution in [0.4, 0.5) is 13.2 Å². The number of hydrogen-bond acceptors (Lipinski definition) is 5. The molecule has 0 aliphatic heterocycles. The van der Waals surface area contributed by atoms with Crippen LogP contribution in [-0.4, -0.2) is 16.1 Å². The van der Waals surface area contributed by atoms with Crippen LogP contribution in [0.3, 0.4) is 0 Å². The fourth-order valence-electron chi connectivity index (χ4n) is 2.23. The number of hydrogen-bond donors (Lipinski definition) is 1. The van der Waals surface area contributed by atoms with Crippen molar-refractivity contribution in [3.05, 3.63) is 59.0 Å². The maximum atomic E-state index is 12.7. The highest BCUT2D eigenvalue weighted by atomic mass is 19.4. The van der Waals surface area contributed by atoms with Gasteiger partial charge in [-0.15, -0.1) is 0 Å². The molecule has 0 radical (unpaired) electrons. The van der Waals surface area contributed by atoms with Crippen LogP contribution < -0.4 is 4.74 Å². The van der Waals surface area contributed by atoms with Gasteiger partial charge in [-0.1, -0.05) is 0 Å². The summed E-state index contributed by atoms with van der Waals surface area (Å²) in [5, 5.41) is 18.0. The molecule has 0 spiro atoms. The first-order chi connectivity index (χ1) is 12.3. The van der Waals surface area contributed by atoms with E-state index in [9.17, 15) is 18.0 Å². The molecule has 0 saturated carbocycles. The number of carboxylic acid groups (broad SMARTS) is 1. The number of benzene rings is 2. The van der Waals surface area contributed by atoms with Crippen molar-refractivity contribution >= 4 is 17.1 Å². The number of alkyl halides is 3. The Morgan fingerprint density at radius 1 is 1.27 bits per heavy atom. The van der Waals surface area contributed by atoms with Gasteiger partial charge in [0.2, 0.25) is 5.89 Å². The highest BCUT2D eigenvalue weighted by Crippen LogP contribution is 2.32. The second-order valence-corrected chi connectivity index (χ2v) is 5.20. The fraction of sp³-hybridized carbons (Fsp3) is 0.118. The highest BCUT2D eigenvalue weighted by molar-refractivity contribution is 5.91. The van der Waals surface area contributed by atoms with E-state index in [1.807, 2.05) is 0 Å². The molecule has 0 saturated heterocycles. The number of carbonyl (C=O) groups is 1. The first-order valence-corrected chi connectivity index (χ1v) is 7.15. The summed E-state index contributed by atoms with van der Waals surface area (Å²) in [6.07, 6.45) is -4.56. The van der Waals surface area contributed by atoms with Crippen molar-refractivity contribution in [1.29, 1.82) is 5.26 Å². The predicted molar refractivity (Wildman–Crippen MR) is 81.5 cm³/mol. The monoisotopic (exact) mass is 362 g/mol. The second-order valence-electron chi connectivity index (χ2n) is 5.20. The molecular weight excluding hydrogens is 353 g/mol. The number of nitrogens with zero attached hydrogens (tertiary/aromatic N) is 2. The number of fused-ring (bicyclic) bond motifs is 1. The van der Waals surface area contributed by atoms with Crippen molar-refractivity contribution in [1.82, 2.24) is 4.98 Å². The van der Waals surface area contributed by atoms with E-state index in [0.717, 1.165) is 12.1 Å². The Balaban J connectivity index is 1.82. The summed E-state index contributed by atoms with van der Waals surface area (Å²) in [5.41, 5.74) is -0.567. The maximum absolute atomic E-state index is 12.7. The molecule has 1 heterocycles. The molecule has 0 unspecified atom stereocenters. The van der Waals surface area contributed by atoms with Gasteiger partial charge in [-0.25, -0.2) is 9.78 Å². The second kappa shape index (κ2) is 6.40. The molecule has 26 heavy (non-hydrogen) atoms. The van der Waals surface area contributed by atoms with E-state index in [1.165, 1.54) is 18.2 Å². The molecule has 0 amide bonds. The SMILES string of the molecule is N#Cc1cc(C(F)(F)F)ccc1OCc1nc2ccc(C(=O)O)cc2o1. The van der Waals surface area contributed by atoms with Gasteiger partial charge in [0, 0.05) is 0 Å². The third-order valence-electron chi connectivity index (χ3n) is 3.46. The summed E-state index contributed by atoms with van der Waals surface area (Å²) in [7, 11) is 0. The van der Waals surface area contributed by atoms with Gasteiger partial charge in [-0.3, -0.25) is 0 Å². The lowest BCUT2D eigenvalue weighted by atomic mass is 10.1. The number of rotatable bonds is 4. The minimum atomic E-state index is -4.56. The zero-order valence-corrected chi connectivity index (χ0v) is 12.9. The summed E-state index contributed by atoms with van der Waals surface area (Å²) in [5.74, 6) is -1.08. The Kier molecular flexibility index (Phi) is 4.26. The van der Waals surface area contributed by atoms with Gasteiger partial charge in [-0.05, 0) is 36.4 Å². The van der Waals surface area contributed by atoms with E-state index in [-0.39, 0.29) is 35.0 Å². The van der Waals surface area contributed by atoms with E-state index in [1.54, 1.807) is 6.07 Å². The normalized spacial score (nSPS) is 11.3. The van der Waals surface area contributed by atoms with Crippen molar-refractivity contribution in [2.45, 2.75) is 12.8 Å². The Morgan fingerprint density at radius 2 is 2.04 bits per heavy atom. The minimum Gasteiger partial charge on any atom is -0.482 e. The summed E-state index contributed by atoms with van der Waals surface area (Å²) >= 11 is 0. The Labute approximate surface area is 144 Å². The van der Waals surface area contributed by atoms with Gasteiger partial charge in [0.25, 0.3) is 0 Å². The standard InChI is InChI=1S/C17H9F3N2O4/c18-17(19,20)11-2-4-13(10(5-11)7-21)25-8-15-22-12-3-1-9(16(23)24)6-14(12)26-15/h1-6H,8H2,(H,23,24). The van der Waals surface area contributed by atoms with Crippen LogP contribution >= 0.6 is 0 Å². The number of halogens is 3. The number of ether oxygens (including phenoxy) is 1. The Morgan fingerprint density at radius 3 is 2.69 bits per heavy atom. The van der Waals surface area contributed by atoms with Crippen LogP contribution in [0.2, 0.25) is 0 Å². The number of aromatic nitrogens is 1. The van der Waals surface area contributed by atoms with Crippen LogP contribution in [0.15, 0.2) is 40.8 Å². The Bertz CT molecular complexity index is 1030. The van der Waals surface area contributed by atoms with Gasteiger partial charge in [0.05, 0.1) is 16.7 Å². The average molecular weight is 362 g/mol. The van der Waals surface area contributed by atoms with Gasteiger partial charge in [0.15, 0.2) is 12.2 Å². The number of aromatic carboxylic acids is 1. The number of nitriles is 1. The van der Waals surface area contributed by atoms with Crippen molar-refractivity contribution in [2.75, 3.05) is 0 Å². The molecule has 1 aromatic heterocycles. The third-order valence-corrected chi connectivity index (χ3v) is 3.46. The van der Waals surface area contributed by atoms with Gasteiger partial charge in [-0.2, -0.15) is 18.4 Å². The topological polar surface area (TPSA) is 96.3 Å². The molecule has 0 bridgehead atoms. The Hall–Kier alpha value is -3.54. The minimum absolute atomic E-state index is 0.0237. The molecule has 3 rings (SSSR count). The highest BCUT2D eigenvalue weighted by Gasteiger charge is 2.31. The molecule has 132 valence electrons. The molecule has 1 N–H and O–H groups in total. The average Bonchev–Trinajstić information content (AvgIpc) is 3.00. The van der Waals surface area contributed by atoms with Crippen molar-refractivity contribution < 1.29 is 32.2 Å². The molecule has 2 aromatic carbocycles. The summed E-state index contributed by atoms with van der Waals surface area (Å²) in [6, 6.07) is 8.32. The quantitative estimate of drug-likeness (QED) is 0.754.